The number of rotatable bonds is 6. The minimum absolute atomic E-state index is 0.0168. The SMILES string of the molecule is C=CCCC(C)Nc1cccc(N2CCNC2=O)c1. The average Bonchev–Trinajstić information content (AvgIpc) is 2.83. The number of carbonyl (C=O) groups excluding carboxylic acids is 1. The van der Waals surface area contributed by atoms with E-state index in [9.17, 15) is 4.79 Å². The number of hydrogen-bond acceptors (Lipinski definition) is 2. The van der Waals surface area contributed by atoms with Crippen LogP contribution in [0.25, 0.3) is 0 Å². The van der Waals surface area contributed by atoms with Gasteiger partial charge in [0.15, 0.2) is 0 Å². The Kier molecular flexibility index (Phi) is 4.44. The number of anilines is 2. The Hall–Kier alpha value is -1.97. The summed E-state index contributed by atoms with van der Waals surface area (Å²) in [7, 11) is 0. The van der Waals surface area contributed by atoms with Gasteiger partial charge in [0.1, 0.15) is 0 Å². The minimum Gasteiger partial charge on any atom is -0.383 e. The maximum Gasteiger partial charge on any atom is 0.321 e. The molecular weight excluding hydrogens is 238 g/mol. The Morgan fingerprint density at radius 2 is 2.42 bits per heavy atom. The second kappa shape index (κ2) is 6.27. The molecule has 1 atom stereocenters. The predicted octanol–water partition coefficient (Wildman–Crippen LogP) is 2.98. The van der Waals surface area contributed by atoms with E-state index in [1.165, 1.54) is 0 Å². The Morgan fingerprint density at radius 1 is 1.58 bits per heavy atom. The summed E-state index contributed by atoms with van der Waals surface area (Å²) in [6.07, 6.45) is 3.99. The van der Waals surface area contributed by atoms with Crippen molar-refractivity contribution in [2.75, 3.05) is 23.3 Å². The Morgan fingerprint density at radius 3 is 3.11 bits per heavy atom. The molecule has 4 heteroatoms. The van der Waals surface area contributed by atoms with Crippen LogP contribution in [0.3, 0.4) is 0 Å². The van der Waals surface area contributed by atoms with Crippen molar-refractivity contribution in [2.24, 2.45) is 0 Å². The van der Waals surface area contributed by atoms with Crippen LogP contribution < -0.4 is 15.5 Å². The third-order valence-electron chi connectivity index (χ3n) is 3.23. The molecule has 0 aromatic heterocycles. The van der Waals surface area contributed by atoms with E-state index in [1.807, 2.05) is 30.3 Å². The lowest BCUT2D eigenvalue weighted by Gasteiger charge is -2.18. The van der Waals surface area contributed by atoms with Gasteiger partial charge in [-0.2, -0.15) is 0 Å². The number of urea groups is 1. The Balaban J connectivity index is 2.02. The number of benzene rings is 1. The Bertz CT molecular complexity index is 458. The quantitative estimate of drug-likeness (QED) is 0.771. The van der Waals surface area contributed by atoms with Gasteiger partial charge in [0, 0.05) is 30.5 Å². The zero-order valence-corrected chi connectivity index (χ0v) is 11.4. The van der Waals surface area contributed by atoms with Crippen LogP contribution in [0.5, 0.6) is 0 Å². The molecule has 1 heterocycles. The molecule has 0 saturated carbocycles. The molecule has 1 aliphatic rings. The van der Waals surface area contributed by atoms with Crippen molar-refractivity contribution in [3.05, 3.63) is 36.9 Å². The third-order valence-corrected chi connectivity index (χ3v) is 3.23. The van der Waals surface area contributed by atoms with Crippen molar-refractivity contribution in [3.8, 4) is 0 Å². The number of carbonyl (C=O) groups is 1. The molecule has 2 N–H and O–H groups in total. The van der Waals surface area contributed by atoms with Crippen LogP contribution in [0.2, 0.25) is 0 Å². The molecule has 4 nitrogen and oxygen atoms in total. The fourth-order valence-corrected chi connectivity index (χ4v) is 2.21. The number of nitrogens with zero attached hydrogens (tertiary/aromatic N) is 1. The second-order valence-corrected chi connectivity index (χ2v) is 4.85. The average molecular weight is 259 g/mol. The standard InChI is InChI=1S/C15H21N3O/c1-3-4-6-12(2)17-13-7-5-8-14(11-13)18-10-9-16-15(18)19/h3,5,7-8,11-12,17H,1,4,6,9-10H2,2H3,(H,16,19). The lowest BCUT2D eigenvalue weighted by molar-refractivity contribution is 0.252. The van der Waals surface area contributed by atoms with Gasteiger partial charge in [0.25, 0.3) is 0 Å². The largest absolute Gasteiger partial charge is 0.383 e. The number of hydrogen-bond donors (Lipinski definition) is 2. The predicted molar refractivity (Wildman–Crippen MR) is 79.7 cm³/mol. The maximum absolute atomic E-state index is 11.6. The molecule has 102 valence electrons. The van der Waals surface area contributed by atoms with Gasteiger partial charge in [-0.05, 0) is 38.0 Å². The summed E-state index contributed by atoms with van der Waals surface area (Å²) in [6, 6.07) is 8.36. The topological polar surface area (TPSA) is 44.4 Å². The smallest absolute Gasteiger partial charge is 0.321 e. The van der Waals surface area contributed by atoms with E-state index >= 15 is 0 Å². The highest BCUT2D eigenvalue weighted by molar-refractivity contribution is 5.94. The zero-order valence-electron chi connectivity index (χ0n) is 11.4. The number of allylic oxidation sites excluding steroid dienone is 1. The fraction of sp³-hybridized carbons (Fsp3) is 0.400. The molecule has 19 heavy (non-hydrogen) atoms. The summed E-state index contributed by atoms with van der Waals surface area (Å²) >= 11 is 0. The molecule has 1 unspecified atom stereocenters. The van der Waals surface area contributed by atoms with Gasteiger partial charge in [-0.3, -0.25) is 4.90 Å². The molecule has 1 aliphatic heterocycles. The van der Waals surface area contributed by atoms with E-state index in [-0.39, 0.29) is 6.03 Å². The first-order valence-corrected chi connectivity index (χ1v) is 6.73. The molecule has 1 saturated heterocycles. The van der Waals surface area contributed by atoms with Gasteiger partial charge < -0.3 is 10.6 Å². The summed E-state index contributed by atoms with van der Waals surface area (Å²) in [5.74, 6) is 0. The molecular formula is C15H21N3O. The van der Waals surface area contributed by atoms with Crippen molar-refractivity contribution in [3.63, 3.8) is 0 Å². The van der Waals surface area contributed by atoms with Crippen LogP contribution in [0.15, 0.2) is 36.9 Å². The van der Waals surface area contributed by atoms with Crippen LogP contribution in [0.1, 0.15) is 19.8 Å². The van der Waals surface area contributed by atoms with Gasteiger partial charge in [0.05, 0.1) is 0 Å². The van der Waals surface area contributed by atoms with Gasteiger partial charge in [0.2, 0.25) is 0 Å². The number of amides is 2. The molecule has 1 aromatic carbocycles. The van der Waals surface area contributed by atoms with Crippen molar-refractivity contribution in [1.82, 2.24) is 5.32 Å². The highest BCUT2D eigenvalue weighted by Gasteiger charge is 2.21. The van der Waals surface area contributed by atoms with E-state index in [1.54, 1.807) is 4.90 Å². The van der Waals surface area contributed by atoms with E-state index in [2.05, 4.69) is 24.1 Å². The molecule has 2 amide bonds. The minimum atomic E-state index is -0.0168. The maximum atomic E-state index is 11.6. The molecule has 2 rings (SSSR count). The monoisotopic (exact) mass is 259 g/mol. The number of nitrogens with one attached hydrogen (secondary N) is 2. The first kappa shape index (κ1) is 13.5. The van der Waals surface area contributed by atoms with Crippen molar-refractivity contribution in [1.29, 1.82) is 0 Å². The zero-order chi connectivity index (χ0) is 13.7. The van der Waals surface area contributed by atoms with Crippen LogP contribution in [0, 0.1) is 0 Å². The Labute approximate surface area is 114 Å². The second-order valence-electron chi connectivity index (χ2n) is 4.85. The van der Waals surface area contributed by atoms with Crippen LogP contribution in [0.4, 0.5) is 16.2 Å². The highest BCUT2D eigenvalue weighted by Crippen LogP contribution is 2.21. The summed E-state index contributed by atoms with van der Waals surface area (Å²) < 4.78 is 0. The van der Waals surface area contributed by atoms with Crippen molar-refractivity contribution < 1.29 is 4.79 Å². The van der Waals surface area contributed by atoms with E-state index in [4.69, 9.17) is 0 Å². The fourth-order valence-electron chi connectivity index (χ4n) is 2.21. The van der Waals surface area contributed by atoms with Crippen molar-refractivity contribution in [2.45, 2.75) is 25.8 Å². The normalized spacial score (nSPS) is 16.1. The third kappa shape index (κ3) is 3.50. The molecule has 0 radical (unpaired) electrons. The van der Waals surface area contributed by atoms with Gasteiger partial charge in [-0.25, -0.2) is 4.79 Å². The van der Waals surface area contributed by atoms with Crippen LogP contribution in [-0.2, 0) is 0 Å². The summed E-state index contributed by atoms with van der Waals surface area (Å²) in [4.78, 5) is 13.4. The summed E-state index contributed by atoms with van der Waals surface area (Å²) in [6.45, 7) is 7.33. The van der Waals surface area contributed by atoms with Crippen LogP contribution in [-0.4, -0.2) is 25.2 Å². The first-order valence-electron chi connectivity index (χ1n) is 6.73. The van der Waals surface area contributed by atoms with Gasteiger partial charge >= 0.3 is 6.03 Å². The summed E-state index contributed by atoms with van der Waals surface area (Å²) in [5, 5.41) is 6.26. The lowest BCUT2D eigenvalue weighted by atomic mass is 10.1. The molecule has 0 aliphatic carbocycles. The molecule has 1 fully saturated rings. The van der Waals surface area contributed by atoms with E-state index in [0.717, 1.165) is 30.8 Å². The van der Waals surface area contributed by atoms with Crippen LogP contribution >= 0.6 is 0 Å². The summed E-state index contributed by atoms with van der Waals surface area (Å²) in [5.41, 5.74) is 1.99. The molecule has 0 spiro atoms. The van der Waals surface area contributed by atoms with Gasteiger partial charge in [-0.15, -0.1) is 6.58 Å². The van der Waals surface area contributed by atoms with E-state index < -0.39 is 0 Å². The lowest BCUT2D eigenvalue weighted by Crippen LogP contribution is -2.27. The molecule has 0 bridgehead atoms. The molecule has 1 aromatic rings. The highest BCUT2D eigenvalue weighted by atomic mass is 16.2. The first-order chi connectivity index (χ1) is 9.20. The van der Waals surface area contributed by atoms with Crippen molar-refractivity contribution >= 4 is 17.4 Å². The van der Waals surface area contributed by atoms with Gasteiger partial charge in [-0.1, -0.05) is 12.1 Å². The van der Waals surface area contributed by atoms with E-state index in [0.29, 0.717) is 12.6 Å².